The molecule has 0 saturated heterocycles. The highest BCUT2D eigenvalue weighted by Gasteiger charge is 2.14. The molecule has 6 heteroatoms. The summed E-state index contributed by atoms with van der Waals surface area (Å²) in [5.74, 6) is 0.527. The van der Waals surface area contributed by atoms with Crippen molar-refractivity contribution >= 4 is 38.8 Å². The molecule has 2 heterocycles. The van der Waals surface area contributed by atoms with E-state index in [2.05, 4.69) is 15.3 Å². The van der Waals surface area contributed by atoms with E-state index in [0.717, 1.165) is 32.5 Å². The molecule has 0 atom stereocenters. The van der Waals surface area contributed by atoms with Gasteiger partial charge in [0, 0.05) is 27.6 Å². The number of rotatable bonds is 4. The van der Waals surface area contributed by atoms with Gasteiger partial charge in [0.2, 0.25) is 0 Å². The van der Waals surface area contributed by atoms with Crippen LogP contribution in [-0.2, 0) is 6.42 Å². The monoisotopic (exact) mass is 335 g/mol. The summed E-state index contributed by atoms with van der Waals surface area (Å²) in [6, 6.07) is 5.05. The standard InChI is InChI=1S/C16H15ClFN3S/c1-9-3-4-12(18)15-11(10(2)22-16(9)15)5-6-19-14-7-13(17)20-8-21-14/h3-4,7-8H,5-6H2,1-2H3,(H,19,20,21). The third kappa shape index (κ3) is 2.91. The van der Waals surface area contributed by atoms with E-state index in [9.17, 15) is 4.39 Å². The Labute approximate surface area is 137 Å². The van der Waals surface area contributed by atoms with Crippen molar-refractivity contribution in [3.8, 4) is 0 Å². The fourth-order valence-corrected chi connectivity index (χ4v) is 3.85. The maximum atomic E-state index is 14.2. The summed E-state index contributed by atoms with van der Waals surface area (Å²) in [5, 5.41) is 4.35. The number of nitrogens with zero attached hydrogens (tertiary/aromatic N) is 2. The number of anilines is 1. The van der Waals surface area contributed by atoms with Crippen molar-refractivity contribution in [2.75, 3.05) is 11.9 Å². The largest absolute Gasteiger partial charge is 0.370 e. The van der Waals surface area contributed by atoms with Crippen molar-refractivity contribution in [3.63, 3.8) is 0 Å². The zero-order chi connectivity index (χ0) is 15.7. The zero-order valence-corrected chi connectivity index (χ0v) is 13.9. The van der Waals surface area contributed by atoms with Crippen LogP contribution in [0.2, 0.25) is 5.15 Å². The van der Waals surface area contributed by atoms with Crippen LogP contribution < -0.4 is 5.32 Å². The second-order valence-electron chi connectivity index (χ2n) is 5.11. The number of thiophene rings is 1. The minimum Gasteiger partial charge on any atom is -0.370 e. The molecule has 3 rings (SSSR count). The van der Waals surface area contributed by atoms with Crippen LogP contribution in [0.1, 0.15) is 16.0 Å². The first-order valence-corrected chi connectivity index (χ1v) is 8.14. The predicted octanol–water partition coefficient (Wildman–Crippen LogP) is 4.76. The molecular weight excluding hydrogens is 321 g/mol. The summed E-state index contributed by atoms with van der Waals surface area (Å²) in [6.07, 6.45) is 2.15. The van der Waals surface area contributed by atoms with Gasteiger partial charge in [0.05, 0.1) is 0 Å². The molecule has 0 radical (unpaired) electrons. The summed E-state index contributed by atoms with van der Waals surface area (Å²) in [4.78, 5) is 9.10. The van der Waals surface area contributed by atoms with Gasteiger partial charge in [-0.05, 0) is 37.5 Å². The minimum atomic E-state index is -0.148. The summed E-state index contributed by atoms with van der Waals surface area (Å²) in [6.45, 7) is 4.72. The Morgan fingerprint density at radius 1 is 1.27 bits per heavy atom. The normalized spacial score (nSPS) is 11.1. The number of nitrogens with one attached hydrogen (secondary N) is 1. The molecule has 0 aliphatic rings. The van der Waals surface area contributed by atoms with Gasteiger partial charge in [0.1, 0.15) is 23.1 Å². The molecule has 0 unspecified atom stereocenters. The van der Waals surface area contributed by atoms with Crippen LogP contribution in [0.25, 0.3) is 10.1 Å². The molecule has 1 N–H and O–H groups in total. The lowest BCUT2D eigenvalue weighted by Gasteiger charge is -2.06. The number of aromatic nitrogens is 2. The molecule has 22 heavy (non-hydrogen) atoms. The van der Waals surface area contributed by atoms with Gasteiger partial charge in [0.25, 0.3) is 0 Å². The van der Waals surface area contributed by atoms with Gasteiger partial charge in [-0.25, -0.2) is 14.4 Å². The van der Waals surface area contributed by atoms with Crippen LogP contribution >= 0.6 is 22.9 Å². The van der Waals surface area contributed by atoms with E-state index in [0.29, 0.717) is 17.5 Å². The second kappa shape index (κ2) is 6.18. The lowest BCUT2D eigenvalue weighted by molar-refractivity contribution is 0.638. The average Bonchev–Trinajstić information content (AvgIpc) is 2.82. The molecule has 0 aliphatic heterocycles. The van der Waals surface area contributed by atoms with E-state index >= 15 is 0 Å². The maximum absolute atomic E-state index is 14.2. The molecular formula is C16H15ClFN3S. The van der Waals surface area contributed by atoms with Gasteiger partial charge in [-0.15, -0.1) is 11.3 Å². The lowest BCUT2D eigenvalue weighted by atomic mass is 10.1. The molecule has 0 spiro atoms. The zero-order valence-electron chi connectivity index (χ0n) is 12.3. The molecule has 3 aromatic rings. The first-order valence-electron chi connectivity index (χ1n) is 6.94. The first kappa shape index (κ1) is 15.2. The van der Waals surface area contributed by atoms with E-state index in [4.69, 9.17) is 11.6 Å². The van der Waals surface area contributed by atoms with Crippen LogP contribution in [0.5, 0.6) is 0 Å². The van der Waals surface area contributed by atoms with Gasteiger partial charge in [0.15, 0.2) is 0 Å². The third-order valence-electron chi connectivity index (χ3n) is 3.60. The minimum absolute atomic E-state index is 0.148. The Kier molecular flexibility index (Phi) is 4.27. The van der Waals surface area contributed by atoms with Gasteiger partial charge in [-0.2, -0.15) is 0 Å². The highest BCUT2D eigenvalue weighted by atomic mass is 35.5. The van der Waals surface area contributed by atoms with Crippen molar-refractivity contribution < 1.29 is 4.39 Å². The van der Waals surface area contributed by atoms with E-state index < -0.39 is 0 Å². The van der Waals surface area contributed by atoms with E-state index in [1.165, 1.54) is 6.33 Å². The first-order chi connectivity index (χ1) is 10.6. The van der Waals surface area contributed by atoms with Crippen LogP contribution in [0, 0.1) is 19.7 Å². The second-order valence-corrected chi connectivity index (χ2v) is 6.72. The SMILES string of the molecule is Cc1sc2c(C)ccc(F)c2c1CCNc1cc(Cl)ncn1. The topological polar surface area (TPSA) is 37.8 Å². The summed E-state index contributed by atoms with van der Waals surface area (Å²) >= 11 is 7.48. The van der Waals surface area contributed by atoms with Crippen LogP contribution in [0.4, 0.5) is 10.2 Å². The highest BCUT2D eigenvalue weighted by Crippen LogP contribution is 2.35. The fourth-order valence-electron chi connectivity index (χ4n) is 2.51. The van der Waals surface area contributed by atoms with Crippen LogP contribution in [0.15, 0.2) is 24.5 Å². The Morgan fingerprint density at radius 2 is 2.09 bits per heavy atom. The Hall–Kier alpha value is -1.72. The van der Waals surface area contributed by atoms with Gasteiger partial charge >= 0.3 is 0 Å². The summed E-state index contributed by atoms with van der Waals surface area (Å²) < 4.78 is 15.2. The van der Waals surface area contributed by atoms with Crippen molar-refractivity contribution in [1.82, 2.24) is 9.97 Å². The molecule has 0 bridgehead atoms. The molecule has 0 saturated carbocycles. The van der Waals surface area contributed by atoms with Crippen molar-refractivity contribution in [2.45, 2.75) is 20.3 Å². The number of benzene rings is 1. The van der Waals surface area contributed by atoms with Gasteiger partial charge < -0.3 is 5.32 Å². The molecule has 0 aliphatic carbocycles. The quantitative estimate of drug-likeness (QED) is 0.699. The van der Waals surface area contributed by atoms with Gasteiger partial charge in [-0.3, -0.25) is 0 Å². The number of halogens is 2. The molecule has 3 nitrogen and oxygen atoms in total. The lowest BCUT2D eigenvalue weighted by Crippen LogP contribution is -2.07. The summed E-state index contributed by atoms with van der Waals surface area (Å²) in [5.41, 5.74) is 2.18. The van der Waals surface area contributed by atoms with E-state index in [1.54, 1.807) is 23.5 Å². The fraction of sp³-hybridized carbons (Fsp3) is 0.250. The molecule has 2 aromatic heterocycles. The number of aryl methyl sites for hydroxylation is 2. The Bertz CT molecular complexity index is 832. The highest BCUT2D eigenvalue weighted by molar-refractivity contribution is 7.19. The van der Waals surface area contributed by atoms with Crippen LogP contribution in [0.3, 0.4) is 0 Å². The maximum Gasteiger partial charge on any atom is 0.134 e. The van der Waals surface area contributed by atoms with E-state index in [-0.39, 0.29) is 5.82 Å². The smallest absolute Gasteiger partial charge is 0.134 e. The van der Waals surface area contributed by atoms with Crippen molar-refractivity contribution in [3.05, 3.63) is 51.5 Å². The van der Waals surface area contributed by atoms with Crippen molar-refractivity contribution in [1.29, 1.82) is 0 Å². The molecule has 114 valence electrons. The van der Waals surface area contributed by atoms with E-state index in [1.807, 2.05) is 19.9 Å². The predicted molar refractivity (Wildman–Crippen MR) is 90.5 cm³/mol. The number of hydrogen-bond donors (Lipinski definition) is 1. The van der Waals surface area contributed by atoms with Gasteiger partial charge in [-0.1, -0.05) is 17.7 Å². The summed E-state index contributed by atoms with van der Waals surface area (Å²) in [7, 11) is 0. The van der Waals surface area contributed by atoms with Crippen LogP contribution in [-0.4, -0.2) is 16.5 Å². The number of hydrogen-bond acceptors (Lipinski definition) is 4. The Balaban J connectivity index is 1.82. The number of fused-ring (bicyclic) bond motifs is 1. The molecule has 1 aromatic carbocycles. The Morgan fingerprint density at radius 3 is 2.86 bits per heavy atom. The van der Waals surface area contributed by atoms with Crippen molar-refractivity contribution in [2.24, 2.45) is 0 Å². The average molecular weight is 336 g/mol. The molecule has 0 fully saturated rings. The molecule has 0 amide bonds. The third-order valence-corrected chi connectivity index (χ3v) is 5.09.